The van der Waals surface area contributed by atoms with Gasteiger partial charge in [-0.15, -0.1) is 0 Å². The molecule has 3 heterocycles. The summed E-state index contributed by atoms with van der Waals surface area (Å²) in [5, 5.41) is 11.4. The normalized spacial score (nSPS) is 24.2. The Morgan fingerprint density at radius 1 is 1.47 bits per heavy atom. The second-order valence-electron chi connectivity index (χ2n) is 5.47. The molecule has 1 fully saturated rings. The highest BCUT2D eigenvalue weighted by molar-refractivity contribution is 6.33. The van der Waals surface area contributed by atoms with Crippen LogP contribution in [0.2, 0.25) is 5.15 Å². The van der Waals surface area contributed by atoms with Crippen molar-refractivity contribution in [2.75, 3.05) is 13.1 Å². The SMILES string of the molecule is CC1(O)CCN(Cc2cnc3c(Cl)nccc3c2)C1. The zero-order valence-corrected chi connectivity index (χ0v) is 11.6. The molecule has 0 aromatic carbocycles. The van der Waals surface area contributed by atoms with Crippen LogP contribution in [0.4, 0.5) is 0 Å². The Bertz CT molecular complexity index is 615. The van der Waals surface area contributed by atoms with Crippen molar-refractivity contribution in [2.45, 2.75) is 25.5 Å². The van der Waals surface area contributed by atoms with Gasteiger partial charge in [0.2, 0.25) is 0 Å². The van der Waals surface area contributed by atoms with Gasteiger partial charge in [0.15, 0.2) is 5.15 Å². The quantitative estimate of drug-likeness (QED) is 0.856. The maximum atomic E-state index is 9.97. The minimum atomic E-state index is -0.558. The van der Waals surface area contributed by atoms with Crippen molar-refractivity contribution < 1.29 is 5.11 Å². The molecule has 5 heteroatoms. The predicted molar refractivity (Wildman–Crippen MR) is 75.1 cm³/mol. The van der Waals surface area contributed by atoms with Crippen LogP contribution < -0.4 is 0 Å². The van der Waals surface area contributed by atoms with Gasteiger partial charge < -0.3 is 5.11 Å². The molecule has 0 saturated carbocycles. The summed E-state index contributed by atoms with van der Waals surface area (Å²) in [5.41, 5.74) is 1.31. The van der Waals surface area contributed by atoms with Crippen LogP contribution in [0, 0.1) is 0 Å². The van der Waals surface area contributed by atoms with Gasteiger partial charge in [-0.3, -0.25) is 9.88 Å². The summed E-state index contributed by atoms with van der Waals surface area (Å²) in [4.78, 5) is 10.6. The van der Waals surface area contributed by atoms with Crippen molar-refractivity contribution in [3.8, 4) is 0 Å². The van der Waals surface area contributed by atoms with E-state index in [4.69, 9.17) is 11.6 Å². The van der Waals surface area contributed by atoms with Crippen LogP contribution in [0.5, 0.6) is 0 Å². The first-order valence-electron chi connectivity index (χ1n) is 6.37. The molecule has 0 aliphatic carbocycles. The van der Waals surface area contributed by atoms with Gasteiger partial charge in [0.05, 0.1) is 5.60 Å². The van der Waals surface area contributed by atoms with E-state index in [-0.39, 0.29) is 0 Å². The number of hydrogen-bond donors (Lipinski definition) is 1. The zero-order chi connectivity index (χ0) is 13.5. The highest BCUT2D eigenvalue weighted by Crippen LogP contribution is 2.24. The highest BCUT2D eigenvalue weighted by Gasteiger charge is 2.31. The molecule has 0 radical (unpaired) electrons. The lowest BCUT2D eigenvalue weighted by atomic mass is 10.1. The Morgan fingerprint density at radius 3 is 3.05 bits per heavy atom. The van der Waals surface area contributed by atoms with E-state index in [1.807, 2.05) is 19.2 Å². The number of pyridine rings is 2. The molecule has 1 saturated heterocycles. The Morgan fingerprint density at radius 2 is 2.32 bits per heavy atom. The highest BCUT2D eigenvalue weighted by atomic mass is 35.5. The number of hydrogen-bond acceptors (Lipinski definition) is 4. The topological polar surface area (TPSA) is 49.2 Å². The molecule has 0 amide bonds. The molecule has 1 atom stereocenters. The number of halogens is 1. The molecule has 1 unspecified atom stereocenters. The molecule has 19 heavy (non-hydrogen) atoms. The Balaban J connectivity index is 1.83. The molecule has 2 aromatic heterocycles. The monoisotopic (exact) mass is 277 g/mol. The summed E-state index contributed by atoms with van der Waals surface area (Å²) in [6.45, 7) is 4.32. The third-order valence-corrected chi connectivity index (χ3v) is 3.82. The number of aromatic nitrogens is 2. The van der Waals surface area contributed by atoms with Gasteiger partial charge in [0.25, 0.3) is 0 Å². The van der Waals surface area contributed by atoms with E-state index in [1.54, 1.807) is 6.20 Å². The van der Waals surface area contributed by atoms with Gasteiger partial charge in [-0.2, -0.15) is 0 Å². The first-order chi connectivity index (χ1) is 9.03. The largest absolute Gasteiger partial charge is 0.389 e. The molecular formula is C14H16ClN3O. The minimum Gasteiger partial charge on any atom is -0.389 e. The van der Waals surface area contributed by atoms with Gasteiger partial charge in [0.1, 0.15) is 5.52 Å². The van der Waals surface area contributed by atoms with E-state index in [0.717, 1.165) is 36.0 Å². The molecule has 1 N–H and O–H groups in total. The summed E-state index contributed by atoms with van der Waals surface area (Å²) < 4.78 is 0. The van der Waals surface area contributed by atoms with Crippen LogP contribution in [0.3, 0.4) is 0 Å². The van der Waals surface area contributed by atoms with Crippen molar-refractivity contribution >= 4 is 22.5 Å². The fourth-order valence-corrected chi connectivity index (χ4v) is 2.80. The van der Waals surface area contributed by atoms with Gasteiger partial charge in [-0.1, -0.05) is 11.6 Å². The van der Waals surface area contributed by atoms with Crippen LogP contribution in [0.15, 0.2) is 24.5 Å². The predicted octanol–water partition coefficient (Wildman–Crippen LogP) is 2.24. The van der Waals surface area contributed by atoms with Crippen LogP contribution >= 0.6 is 11.6 Å². The lowest BCUT2D eigenvalue weighted by molar-refractivity contribution is 0.0679. The maximum Gasteiger partial charge on any atom is 0.155 e. The molecule has 0 spiro atoms. The van der Waals surface area contributed by atoms with Crippen molar-refractivity contribution in [1.82, 2.24) is 14.9 Å². The van der Waals surface area contributed by atoms with E-state index in [2.05, 4.69) is 20.9 Å². The van der Waals surface area contributed by atoms with Gasteiger partial charge >= 0.3 is 0 Å². The lowest BCUT2D eigenvalue weighted by Crippen LogP contribution is -2.29. The number of β-amino-alcohol motifs (C(OH)–C–C–N with tert-alkyl or cyclic N) is 1. The number of nitrogens with zero attached hydrogens (tertiary/aromatic N) is 3. The van der Waals surface area contributed by atoms with Crippen molar-refractivity contribution in [3.05, 3.63) is 35.2 Å². The molecule has 1 aliphatic heterocycles. The van der Waals surface area contributed by atoms with Crippen molar-refractivity contribution in [2.24, 2.45) is 0 Å². The average molecular weight is 278 g/mol. The molecule has 4 nitrogen and oxygen atoms in total. The van der Waals surface area contributed by atoms with E-state index in [9.17, 15) is 5.11 Å². The fourth-order valence-electron chi connectivity index (χ4n) is 2.59. The summed E-state index contributed by atoms with van der Waals surface area (Å²) in [6.07, 6.45) is 4.35. The number of likely N-dealkylation sites (tertiary alicyclic amines) is 1. The molecule has 3 rings (SSSR count). The minimum absolute atomic E-state index is 0.438. The second-order valence-corrected chi connectivity index (χ2v) is 5.83. The molecule has 0 bridgehead atoms. The molecular weight excluding hydrogens is 262 g/mol. The number of aliphatic hydroxyl groups is 1. The first kappa shape index (κ1) is 12.8. The van der Waals surface area contributed by atoms with Crippen LogP contribution in [0.1, 0.15) is 18.9 Å². The maximum absolute atomic E-state index is 9.97. The van der Waals surface area contributed by atoms with E-state index < -0.39 is 5.60 Å². The molecule has 2 aromatic rings. The second kappa shape index (κ2) is 4.71. The Hall–Kier alpha value is -1.23. The van der Waals surface area contributed by atoms with Crippen molar-refractivity contribution in [1.29, 1.82) is 0 Å². The van der Waals surface area contributed by atoms with Crippen LogP contribution in [-0.2, 0) is 6.54 Å². The Kier molecular flexibility index (Phi) is 3.17. The molecule has 1 aliphatic rings. The molecule has 100 valence electrons. The van der Waals surface area contributed by atoms with Crippen LogP contribution in [-0.4, -0.2) is 38.7 Å². The summed E-state index contributed by atoms with van der Waals surface area (Å²) in [7, 11) is 0. The van der Waals surface area contributed by atoms with Crippen molar-refractivity contribution in [3.63, 3.8) is 0 Å². The zero-order valence-electron chi connectivity index (χ0n) is 10.8. The number of rotatable bonds is 2. The Labute approximate surface area is 117 Å². The van der Waals surface area contributed by atoms with Crippen LogP contribution in [0.25, 0.3) is 10.9 Å². The van der Waals surface area contributed by atoms with Gasteiger partial charge in [-0.25, -0.2) is 4.98 Å². The average Bonchev–Trinajstić information content (AvgIpc) is 2.69. The fraction of sp³-hybridized carbons (Fsp3) is 0.429. The third-order valence-electron chi connectivity index (χ3n) is 3.55. The first-order valence-corrected chi connectivity index (χ1v) is 6.75. The summed E-state index contributed by atoms with van der Waals surface area (Å²) >= 11 is 6.00. The number of fused-ring (bicyclic) bond motifs is 1. The smallest absolute Gasteiger partial charge is 0.155 e. The van der Waals surface area contributed by atoms with E-state index in [1.165, 1.54) is 0 Å². The van der Waals surface area contributed by atoms with Gasteiger partial charge in [0, 0.05) is 37.4 Å². The van der Waals surface area contributed by atoms with E-state index in [0.29, 0.717) is 11.7 Å². The lowest BCUT2D eigenvalue weighted by Gasteiger charge is -2.18. The van der Waals surface area contributed by atoms with Gasteiger partial charge in [-0.05, 0) is 31.0 Å². The standard InChI is InChI=1S/C14H16ClN3O/c1-14(19)3-5-18(9-14)8-10-6-11-2-4-16-13(15)12(11)17-7-10/h2,4,6-7,19H,3,5,8-9H2,1H3. The summed E-state index contributed by atoms with van der Waals surface area (Å²) in [6, 6.07) is 4.00. The third kappa shape index (κ3) is 2.71. The summed E-state index contributed by atoms with van der Waals surface area (Å²) in [5.74, 6) is 0. The van der Waals surface area contributed by atoms with E-state index >= 15 is 0 Å².